The second kappa shape index (κ2) is 6.32. The fraction of sp³-hybridized carbons (Fsp3) is 0.857. The van der Waals surface area contributed by atoms with Crippen molar-refractivity contribution >= 4 is 13.9 Å². The Hall–Kier alpha value is -0.300. The van der Waals surface area contributed by atoms with Crippen LogP contribution in [0.5, 0.6) is 0 Å². The van der Waals surface area contributed by atoms with Crippen LogP contribution in [0, 0.1) is 0 Å². The van der Waals surface area contributed by atoms with Crippen LogP contribution >= 0.6 is 7.60 Å². The Bertz CT molecular complexity index is 237. The molecule has 0 bridgehead atoms. The van der Waals surface area contributed by atoms with Gasteiger partial charge in [-0.05, 0) is 0 Å². The van der Waals surface area contributed by atoms with Gasteiger partial charge in [0.05, 0.1) is 6.61 Å². The summed E-state index contributed by atoms with van der Waals surface area (Å²) in [5, 5.41) is 17.9. The standard InChI is InChI=1S/C7H15O7P/c1-13-6(4-9)7(5(10)3-8)14-15(2,11)12/h4-8,10H,3H2,1-2H3,(H,11,12)/t5-,6+,7-/m1/s1. The maximum absolute atomic E-state index is 11.0. The molecule has 8 heteroatoms. The SMILES string of the molecule is CO[C@@H](C=O)[C@H](OP(C)(=O)O)[C@H](O)CO. The van der Waals surface area contributed by atoms with Crippen molar-refractivity contribution in [1.29, 1.82) is 0 Å². The molecule has 3 N–H and O–H groups in total. The van der Waals surface area contributed by atoms with E-state index in [1.807, 2.05) is 0 Å². The first-order valence-electron chi connectivity index (χ1n) is 4.11. The van der Waals surface area contributed by atoms with Gasteiger partial charge in [-0.3, -0.25) is 9.09 Å². The zero-order valence-corrected chi connectivity index (χ0v) is 9.33. The van der Waals surface area contributed by atoms with Crippen LogP contribution in [0.4, 0.5) is 0 Å². The van der Waals surface area contributed by atoms with E-state index in [2.05, 4.69) is 9.26 Å². The third kappa shape index (κ3) is 5.36. The number of methoxy groups -OCH3 is 1. The minimum Gasteiger partial charge on any atom is -0.394 e. The van der Waals surface area contributed by atoms with Crippen molar-refractivity contribution in [3.8, 4) is 0 Å². The van der Waals surface area contributed by atoms with Crippen LogP contribution in [0.3, 0.4) is 0 Å². The van der Waals surface area contributed by atoms with E-state index in [-0.39, 0.29) is 0 Å². The van der Waals surface area contributed by atoms with E-state index in [9.17, 15) is 14.5 Å². The van der Waals surface area contributed by atoms with E-state index in [1.54, 1.807) is 0 Å². The maximum Gasteiger partial charge on any atom is 0.325 e. The molecule has 0 aliphatic rings. The van der Waals surface area contributed by atoms with Gasteiger partial charge in [0.2, 0.25) is 0 Å². The molecule has 0 aliphatic carbocycles. The molecular formula is C7H15O7P. The Kier molecular flexibility index (Phi) is 6.19. The Morgan fingerprint density at radius 3 is 2.33 bits per heavy atom. The second-order valence-corrected chi connectivity index (χ2v) is 4.78. The number of aldehydes is 1. The lowest BCUT2D eigenvalue weighted by atomic mass is 10.1. The Morgan fingerprint density at radius 1 is 1.53 bits per heavy atom. The number of ether oxygens (including phenoxy) is 1. The fourth-order valence-corrected chi connectivity index (χ4v) is 1.66. The van der Waals surface area contributed by atoms with Gasteiger partial charge in [0.25, 0.3) is 0 Å². The number of carbonyl (C=O) groups is 1. The molecule has 0 heterocycles. The first kappa shape index (κ1) is 14.7. The third-order valence-corrected chi connectivity index (χ3v) is 2.25. The minimum atomic E-state index is -3.88. The monoisotopic (exact) mass is 242 g/mol. The summed E-state index contributed by atoms with van der Waals surface area (Å²) < 4.78 is 20.2. The summed E-state index contributed by atoms with van der Waals surface area (Å²) in [5.74, 6) is 0. The van der Waals surface area contributed by atoms with E-state index in [0.29, 0.717) is 6.29 Å². The van der Waals surface area contributed by atoms with E-state index in [4.69, 9.17) is 10.00 Å². The topological polar surface area (TPSA) is 113 Å². The average molecular weight is 242 g/mol. The molecule has 0 fully saturated rings. The van der Waals surface area contributed by atoms with Crippen molar-refractivity contribution in [2.45, 2.75) is 18.3 Å². The van der Waals surface area contributed by atoms with E-state index in [0.717, 1.165) is 6.66 Å². The van der Waals surface area contributed by atoms with Crippen LogP contribution in [-0.2, 0) is 18.6 Å². The van der Waals surface area contributed by atoms with Gasteiger partial charge in [-0.1, -0.05) is 0 Å². The minimum absolute atomic E-state index is 0.319. The lowest BCUT2D eigenvalue weighted by molar-refractivity contribution is -0.129. The maximum atomic E-state index is 11.0. The highest BCUT2D eigenvalue weighted by Gasteiger charge is 2.33. The number of aliphatic hydroxyl groups excluding tert-OH is 2. The predicted molar refractivity (Wildman–Crippen MR) is 50.6 cm³/mol. The molecule has 0 radical (unpaired) electrons. The number of carbonyl (C=O) groups excluding carboxylic acids is 1. The Balaban J connectivity index is 4.71. The fourth-order valence-electron chi connectivity index (χ4n) is 0.946. The van der Waals surface area contributed by atoms with Gasteiger partial charge in [0.15, 0.2) is 6.29 Å². The van der Waals surface area contributed by atoms with E-state index < -0.39 is 32.5 Å². The average Bonchev–Trinajstić information content (AvgIpc) is 2.15. The second-order valence-electron chi connectivity index (χ2n) is 2.96. The summed E-state index contributed by atoms with van der Waals surface area (Å²) in [4.78, 5) is 19.5. The zero-order chi connectivity index (χ0) is 12.1. The summed E-state index contributed by atoms with van der Waals surface area (Å²) in [6.45, 7) is 0.194. The molecule has 0 aromatic heterocycles. The molecule has 90 valence electrons. The van der Waals surface area contributed by atoms with Gasteiger partial charge >= 0.3 is 7.60 Å². The number of rotatable bonds is 7. The normalized spacial score (nSPS) is 21.4. The van der Waals surface area contributed by atoms with Crippen molar-refractivity contribution in [3.63, 3.8) is 0 Å². The van der Waals surface area contributed by atoms with Gasteiger partial charge in [-0.15, -0.1) is 0 Å². The van der Waals surface area contributed by atoms with Crippen LogP contribution in [0.2, 0.25) is 0 Å². The summed E-state index contributed by atoms with van der Waals surface area (Å²) in [5.41, 5.74) is 0. The van der Waals surface area contributed by atoms with Crippen LogP contribution < -0.4 is 0 Å². The van der Waals surface area contributed by atoms with E-state index in [1.165, 1.54) is 7.11 Å². The molecule has 1 unspecified atom stereocenters. The van der Waals surface area contributed by atoms with Gasteiger partial charge < -0.3 is 24.6 Å². The highest BCUT2D eigenvalue weighted by molar-refractivity contribution is 7.51. The molecular weight excluding hydrogens is 227 g/mol. The number of hydrogen-bond donors (Lipinski definition) is 3. The summed E-state index contributed by atoms with van der Waals surface area (Å²) in [6.07, 6.45) is -3.74. The molecule has 0 saturated heterocycles. The highest BCUT2D eigenvalue weighted by atomic mass is 31.2. The quantitative estimate of drug-likeness (QED) is 0.377. The molecule has 0 spiro atoms. The summed E-state index contributed by atoms with van der Waals surface area (Å²) in [7, 11) is -2.70. The van der Waals surface area contributed by atoms with Crippen molar-refractivity contribution < 1.29 is 33.7 Å². The third-order valence-electron chi connectivity index (χ3n) is 1.61. The summed E-state index contributed by atoms with van der Waals surface area (Å²) in [6, 6.07) is 0. The number of aliphatic hydroxyl groups is 2. The van der Waals surface area contributed by atoms with Crippen molar-refractivity contribution in [2.24, 2.45) is 0 Å². The first-order chi connectivity index (χ1) is 6.85. The first-order valence-corrected chi connectivity index (χ1v) is 6.14. The van der Waals surface area contributed by atoms with Gasteiger partial charge in [-0.2, -0.15) is 0 Å². The largest absolute Gasteiger partial charge is 0.394 e. The van der Waals surface area contributed by atoms with Crippen LogP contribution in [0.15, 0.2) is 0 Å². The molecule has 0 aliphatic heterocycles. The Morgan fingerprint density at radius 2 is 2.07 bits per heavy atom. The Labute approximate surface area is 87.2 Å². The van der Waals surface area contributed by atoms with Crippen molar-refractivity contribution in [3.05, 3.63) is 0 Å². The highest BCUT2D eigenvalue weighted by Crippen LogP contribution is 2.39. The molecule has 0 aromatic rings. The van der Waals surface area contributed by atoms with Gasteiger partial charge in [-0.25, -0.2) is 0 Å². The van der Waals surface area contributed by atoms with Crippen LogP contribution in [0.25, 0.3) is 0 Å². The molecule has 15 heavy (non-hydrogen) atoms. The van der Waals surface area contributed by atoms with Crippen LogP contribution in [-0.4, -0.2) is 60.1 Å². The lowest BCUT2D eigenvalue weighted by Crippen LogP contribution is -2.43. The molecule has 4 atom stereocenters. The molecule has 0 aromatic carbocycles. The number of hydrogen-bond acceptors (Lipinski definition) is 6. The molecule has 0 saturated carbocycles. The van der Waals surface area contributed by atoms with Gasteiger partial charge in [0.1, 0.15) is 18.3 Å². The van der Waals surface area contributed by atoms with Crippen LogP contribution in [0.1, 0.15) is 0 Å². The zero-order valence-electron chi connectivity index (χ0n) is 8.44. The molecule has 7 nitrogen and oxygen atoms in total. The molecule has 0 rings (SSSR count). The molecule has 0 amide bonds. The smallest absolute Gasteiger partial charge is 0.325 e. The summed E-state index contributed by atoms with van der Waals surface area (Å²) >= 11 is 0. The van der Waals surface area contributed by atoms with E-state index >= 15 is 0 Å². The van der Waals surface area contributed by atoms with Crippen molar-refractivity contribution in [2.75, 3.05) is 20.4 Å². The van der Waals surface area contributed by atoms with Gasteiger partial charge in [0, 0.05) is 13.8 Å². The predicted octanol–water partition coefficient (Wildman–Crippen LogP) is -1.25. The van der Waals surface area contributed by atoms with Crippen molar-refractivity contribution in [1.82, 2.24) is 0 Å². The lowest BCUT2D eigenvalue weighted by Gasteiger charge is -2.26.